The largest absolute Gasteiger partial charge is 0.491 e. The summed E-state index contributed by atoms with van der Waals surface area (Å²) in [5, 5.41) is 6.55. The molecule has 2 aromatic carbocycles. The fourth-order valence-electron chi connectivity index (χ4n) is 4.28. The number of imide groups is 1. The van der Waals surface area contributed by atoms with Crippen LogP contribution >= 0.6 is 11.3 Å². The maximum atomic E-state index is 13.7. The molecule has 0 bridgehead atoms. The number of benzene rings is 2. The van der Waals surface area contributed by atoms with Crippen molar-refractivity contribution >= 4 is 44.2 Å². The van der Waals surface area contributed by atoms with Crippen LogP contribution in [-0.4, -0.2) is 68.3 Å². The number of hydrogen-bond donors (Lipinski definition) is 2. The minimum absolute atomic E-state index is 0.0509. The summed E-state index contributed by atoms with van der Waals surface area (Å²) in [7, 11) is -2.00. The molecule has 1 fully saturated rings. The number of aromatic nitrogens is 1. The van der Waals surface area contributed by atoms with Crippen LogP contribution in [0, 0.1) is 0 Å². The van der Waals surface area contributed by atoms with Gasteiger partial charge in [0, 0.05) is 18.4 Å². The first kappa shape index (κ1) is 29.2. The number of rotatable bonds is 12. The summed E-state index contributed by atoms with van der Waals surface area (Å²) in [6.45, 7) is 4.03. The SMILES string of the molecule is CCS(=O)(=O)c1csc(NC(=O)[C@H]([C@@H](C)c2ccccc2)N2C(=O)N[C@H](c3ccc(OCCOC)cc3)C2=O)n1. The number of nitrogens with zero attached hydrogens (tertiary/aromatic N) is 2. The van der Waals surface area contributed by atoms with E-state index in [2.05, 4.69) is 15.6 Å². The van der Waals surface area contributed by atoms with Crippen molar-refractivity contribution in [3.63, 3.8) is 0 Å². The first-order valence-corrected chi connectivity index (χ1v) is 15.1. The van der Waals surface area contributed by atoms with Gasteiger partial charge in [-0.05, 0) is 23.3 Å². The van der Waals surface area contributed by atoms with Crippen LogP contribution in [0.2, 0.25) is 0 Å². The van der Waals surface area contributed by atoms with E-state index in [1.165, 1.54) is 12.3 Å². The van der Waals surface area contributed by atoms with Gasteiger partial charge in [-0.25, -0.2) is 23.1 Å². The molecule has 2 N–H and O–H groups in total. The summed E-state index contributed by atoms with van der Waals surface area (Å²) < 4.78 is 34.9. The minimum Gasteiger partial charge on any atom is -0.491 e. The monoisotopic (exact) mass is 586 g/mol. The van der Waals surface area contributed by atoms with E-state index < -0.39 is 45.7 Å². The number of carbonyl (C=O) groups excluding carboxylic acids is 3. The maximum Gasteiger partial charge on any atom is 0.325 e. The van der Waals surface area contributed by atoms with Gasteiger partial charge in [0.2, 0.25) is 5.91 Å². The zero-order chi connectivity index (χ0) is 28.9. The van der Waals surface area contributed by atoms with Gasteiger partial charge in [-0.1, -0.05) is 56.3 Å². The topological polar surface area (TPSA) is 144 Å². The molecule has 0 radical (unpaired) electrons. The molecule has 13 heteroatoms. The maximum absolute atomic E-state index is 13.7. The van der Waals surface area contributed by atoms with Crippen LogP contribution in [0.15, 0.2) is 65.0 Å². The highest BCUT2D eigenvalue weighted by Crippen LogP contribution is 2.32. The molecule has 212 valence electrons. The fraction of sp³-hybridized carbons (Fsp3) is 0.333. The van der Waals surface area contributed by atoms with E-state index in [9.17, 15) is 22.8 Å². The van der Waals surface area contributed by atoms with Crippen molar-refractivity contribution in [2.75, 3.05) is 31.4 Å². The molecule has 1 aliphatic heterocycles. The average Bonchev–Trinajstić information content (AvgIpc) is 3.55. The second kappa shape index (κ2) is 12.6. The zero-order valence-corrected chi connectivity index (χ0v) is 23.8. The van der Waals surface area contributed by atoms with Gasteiger partial charge in [0.1, 0.15) is 24.4 Å². The van der Waals surface area contributed by atoms with Gasteiger partial charge >= 0.3 is 6.03 Å². The van der Waals surface area contributed by atoms with Crippen LogP contribution in [0.4, 0.5) is 9.93 Å². The second-order valence-corrected chi connectivity index (χ2v) is 12.1. The predicted molar refractivity (Wildman–Crippen MR) is 149 cm³/mol. The Morgan fingerprint density at radius 2 is 1.82 bits per heavy atom. The molecule has 0 saturated carbocycles. The van der Waals surface area contributed by atoms with Crippen molar-refractivity contribution in [1.82, 2.24) is 15.2 Å². The number of amides is 4. The smallest absolute Gasteiger partial charge is 0.325 e. The van der Waals surface area contributed by atoms with Gasteiger partial charge in [0.05, 0.1) is 12.4 Å². The molecule has 1 aromatic heterocycles. The van der Waals surface area contributed by atoms with Crippen molar-refractivity contribution in [3.8, 4) is 5.75 Å². The Bertz CT molecular complexity index is 1460. The van der Waals surface area contributed by atoms with Crippen LogP contribution in [0.25, 0.3) is 0 Å². The number of sulfone groups is 1. The van der Waals surface area contributed by atoms with E-state index in [4.69, 9.17) is 9.47 Å². The van der Waals surface area contributed by atoms with Crippen LogP contribution in [0.1, 0.15) is 36.9 Å². The lowest BCUT2D eigenvalue weighted by Gasteiger charge is -2.29. The number of urea groups is 1. The number of methoxy groups -OCH3 is 1. The Morgan fingerprint density at radius 3 is 2.48 bits per heavy atom. The summed E-state index contributed by atoms with van der Waals surface area (Å²) in [6.07, 6.45) is 0. The van der Waals surface area contributed by atoms with Crippen molar-refractivity contribution < 1.29 is 32.3 Å². The minimum atomic E-state index is -3.57. The molecule has 2 heterocycles. The summed E-state index contributed by atoms with van der Waals surface area (Å²) in [5.74, 6) is -1.41. The van der Waals surface area contributed by atoms with Gasteiger partial charge < -0.3 is 20.1 Å². The van der Waals surface area contributed by atoms with Crippen molar-refractivity contribution in [1.29, 1.82) is 0 Å². The van der Waals surface area contributed by atoms with Gasteiger partial charge in [-0.3, -0.25) is 9.59 Å². The highest BCUT2D eigenvalue weighted by molar-refractivity contribution is 7.91. The predicted octanol–water partition coefficient (Wildman–Crippen LogP) is 3.37. The van der Waals surface area contributed by atoms with Crippen LogP contribution in [0.3, 0.4) is 0 Å². The molecule has 3 aromatic rings. The number of nitrogens with one attached hydrogen (secondary N) is 2. The number of thiazole rings is 1. The summed E-state index contributed by atoms with van der Waals surface area (Å²) in [4.78, 5) is 45.5. The Hall–Kier alpha value is -3.81. The van der Waals surface area contributed by atoms with Gasteiger partial charge in [-0.15, -0.1) is 11.3 Å². The molecule has 11 nitrogen and oxygen atoms in total. The van der Waals surface area contributed by atoms with Crippen LogP contribution < -0.4 is 15.4 Å². The molecule has 1 aliphatic rings. The fourth-order valence-corrected chi connectivity index (χ4v) is 6.17. The van der Waals surface area contributed by atoms with Crippen molar-refractivity contribution in [2.45, 2.75) is 36.9 Å². The molecule has 1 saturated heterocycles. The lowest BCUT2D eigenvalue weighted by molar-refractivity contribution is -0.134. The van der Waals surface area contributed by atoms with E-state index in [0.717, 1.165) is 21.8 Å². The zero-order valence-electron chi connectivity index (χ0n) is 22.2. The third-order valence-corrected chi connectivity index (χ3v) is 9.01. The lowest BCUT2D eigenvalue weighted by Crippen LogP contribution is -2.50. The standard InChI is InChI=1S/C27H30N4O7S2/c1-4-40(35,36)21-16-39-26(28-21)30-24(32)23(17(2)18-8-6-5-7-9-18)31-25(33)22(29-27(31)34)19-10-12-20(13-11-19)38-15-14-37-3/h5-13,16-17,22-23H,4,14-15H2,1-3H3,(H,29,34)(H,28,30,32)/t17-,22+,23-/m0/s1. The number of ether oxygens (including phenoxy) is 2. The third-order valence-electron chi connectivity index (χ3n) is 6.50. The summed E-state index contributed by atoms with van der Waals surface area (Å²) >= 11 is 0.949. The van der Waals surface area contributed by atoms with Gasteiger partial charge in [-0.2, -0.15) is 0 Å². The van der Waals surface area contributed by atoms with E-state index in [1.54, 1.807) is 62.6 Å². The summed E-state index contributed by atoms with van der Waals surface area (Å²) in [6, 6.07) is 12.8. The highest BCUT2D eigenvalue weighted by Gasteiger charge is 2.47. The van der Waals surface area contributed by atoms with Gasteiger partial charge in [0.15, 0.2) is 20.0 Å². The number of anilines is 1. The third kappa shape index (κ3) is 6.32. The molecule has 0 spiro atoms. The molecular formula is C27H30N4O7S2. The normalized spacial score (nSPS) is 16.9. The average molecular weight is 587 g/mol. The van der Waals surface area contributed by atoms with E-state index in [-0.39, 0.29) is 15.9 Å². The van der Waals surface area contributed by atoms with Crippen molar-refractivity contribution in [2.24, 2.45) is 0 Å². The molecule has 0 unspecified atom stereocenters. The Balaban J connectivity index is 1.61. The van der Waals surface area contributed by atoms with Crippen LogP contribution in [0.5, 0.6) is 5.75 Å². The lowest BCUT2D eigenvalue weighted by atomic mass is 9.91. The quantitative estimate of drug-likeness (QED) is 0.243. The highest BCUT2D eigenvalue weighted by atomic mass is 32.2. The van der Waals surface area contributed by atoms with E-state index in [0.29, 0.717) is 24.5 Å². The van der Waals surface area contributed by atoms with Crippen LogP contribution in [-0.2, 0) is 24.2 Å². The number of carbonyl (C=O) groups is 3. The molecule has 4 amide bonds. The Labute approximate surface area is 236 Å². The Kier molecular flexibility index (Phi) is 9.17. The van der Waals surface area contributed by atoms with Gasteiger partial charge in [0.25, 0.3) is 5.91 Å². The molecular weight excluding hydrogens is 556 g/mol. The van der Waals surface area contributed by atoms with Crippen molar-refractivity contribution in [3.05, 3.63) is 71.1 Å². The Morgan fingerprint density at radius 1 is 1.12 bits per heavy atom. The summed E-state index contributed by atoms with van der Waals surface area (Å²) in [5.41, 5.74) is 1.26. The first-order valence-electron chi connectivity index (χ1n) is 12.6. The molecule has 0 aliphatic carbocycles. The number of hydrogen-bond acceptors (Lipinski definition) is 9. The van der Waals surface area contributed by atoms with E-state index in [1.807, 2.05) is 6.07 Å². The molecule has 4 rings (SSSR count). The van der Waals surface area contributed by atoms with E-state index >= 15 is 0 Å². The first-order chi connectivity index (χ1) is 19.2. The second-order valence-electron chi connectivity index (χ2n) is 9.03. The molecule has 3 atom stereocenters. The molecule has 40 heavy (non-hydrogen) atoms.